The Morgan fingerprint density at radius 3 is 2.30 bits per heavy atom. The summed E-state index contributed by atoms with van der Waals surface area (Å²) in [5.74, 6) is 2.46. The van der Waals surface area contributed by atoms with Crippen LogP contribution in [-0.4, -0.2) is 33.8 Å². The molecule has 1 aromatic rings. The molecule has 0 bridgehead atoms. The molecular formula is C15H28N4O. The first kappa shape index (κ1) is 16.7. The Balaban J connectivity index is 2.79. The third-order valence-corrected chi connectivity index (χ3v) is 3.21. The van der Waals surface area contributed by atoms with Gasteiger partial charge in [0.15, 0.2) is 0 Å². The van der Waals surface area contributed by atoms with Crippen LogP contribution in [0.3, 0.4) is 0 Å². The van der Waals surface area contributed by atoms with E-state index < -0.39 is 5.60 Å². The largest absolute Gasteiger partial charge is 0.388 e. The minimum absolute atomic E-state index is 0.485. The molecule has 0 saturated carbocycles. The summed E-state index contributed by atoms with van der Waals surface area (Å²) < 4.78 is 0. The third kappa shape index (κ3) is 5.74. The predicted octanol–water partition coefficient (Wildman–Crippen LogP) is 2.82. The van der Waals surface area contributed by atoms with E-state index in [4.69, 9.17) is 0 Å². The van der Waals surface area contributed by atoms with Gasteiger partial charge in [-0.15, -0.1) is 0 Å². The second-order valence-electron chi connectivity index (χ2n) is 5.44. The Morgan fingerprint density at radius 2 is 1.75 bits per heavy atom. The lowest BCUT2D eigenvalue weighted by Crippen LogP contribution is -2.32. The second kappa shape index (κ2) is 8.04. The summed E-state index contributed by atoms with van der Waals surface area (Å²) in [6, 6.07) is 1.90. The number of hydrogen-bond donors (Lipinski definition) is 3. The summed E-state index contributed by atoms with van der Waals surface area (Å²) in [4.78, 5) is 9.00. The van der Waals surface area contributed by atoms with Crippen LogP contribution < -0.4 is 10.6 Å². The zero-order valence-electron chi connectivity index (χ0n) is 13.2. The molecule has 0 amide bonds. The lowest BCUT2D eigenvalue weighted by molar-refractivity contribution is 0.0696. The van der Waals surface area contributed by atoms with Gasteiger partial charge in [0.25, 0.3) is 0 Å². The lowest BCUT2D eigenvalue weighted by Gasteiger charge is -2.22. The van der Waals surface area contributed by atoms with E-state index in [-0.39, 0.29) is 0 Å². The summed E-state index contributed by atoms with van der Waals surface area (Å²) in [6.45, 7) is 9.42. The predicted molar refractivity (Wildman–Crippen MR) is 84.2 cm³/mol. The number of nitrogens with one attached hydrogen (secondary N) is 2. The van der Waals surface area contributed by atoms with Gasteiger partial charge in [0.05, 0.1) is 5.60 Å². The summed E-state index contributed by atoms with van der Waals surface area (Å²) >= 11 is 0. The van der Waals surface area contributed by atoms with Gasteiger partial charge in [-0.25, -0.2) is 9.97 Å². The van der Waals surface area contributed by atoms with E-state index in [1.807, 2.05) is 19.9 Å². The highest BCUT2D eigenvalue weighted by atomic mass is 16.3. The highest BCUT2D eigenvalue weighted by Gasteiger charge is 2.17. The molecule has 5 nitrogen and oxygen atoms in total. The van der Waals surface area contributed by atoms with E-state index in [0.717, 1.165) is 43.3 Å². The van der Waals surface area contributed by atoms with Gasteiger partial charge in [-0.2, -0.15) is 0 Å². The van der Waals surface area contributed by atoms with Gasteiger partial charge in [-0.05, 0) is 26.2 Å². The maximum absolute atomic E-state index is 10.0. The Hall–Kier alpha value is -1.36. The molecule has 0 aliphatic rings. The standard InChI is InChI=1S/C15H28N4O/c1-5-8-12-18-13(16-9-6-2)10-14(19-12)17-11-15(4,20)7-3/h10,20H,5-9,11H2,1-4H3,(H2,16,17,18,19). The smallest absolute Gasteiger partial charge is 0.133 e. The summed E-state index contributed by atoms with van der Waals surface area (Å²) in [6.07, 6.45) is 3.64. The van der Waals surface area contributed by atoms with Crippen molar-refractivity contribution in [2.45, 2.75) is 59.0 Å². The van der Waals surface area contributed by atoms with Crippen LogP contribution >= 0.6 is 0 Å². The molecule has 0 radical (unpaired) electrons. The van der Waals surface area contributed by atoms with Crippen molar-refractivity contribution >= 4 is 11.6 Å². The molecule has 20 heavy (non-hydrogen) atoms. The minimum atomic E-state index is -0.715. The monoisotopic (exact) mass is 280 g/mol. The molecule has 0 aliphatic heterocycles. The van der Waals surface area contributed by atoms with E-state index in [2.05, 4.69) is 34.4 Å². The molecule has 0 saturated heterocycles. The molecule has 5 heteroatoms. The van der Waals surface area contributed by atoms with Crippen LogP contribution in [0.25, 0.3) is 0 Å². The van der Waals surface area contributed by atoms with Gasteiger partial charge in [0.2, 0.25) is 0 Å². The van der Waals surface area contributed by atoms with Crippen LogP contribution in [0.5, 0.6) is 0 Å². The van der Waals surface area contributed by atoms with Gasteiger partial charge in [-0.1, -0.05) is 20.8 Å². The van der Waals surface area contributed by atoms with Crippen LogP contribution in [-0.2, 0) is 6.42 Å². The highest BCUT2D eigenvalue weighted by Crippen LogP contribution is 2.15. The Morgan fingerprint density at radius 1 is 1.10 bits per heavy atom. The zero-order chi connectivity index (χ0) is 15.0. The topological polar surface area (TPSA) is 70.1 Å². The molecule has 1 aromatic heterocycles. The molecule has 0 fully saturated rings. The second-order valence-corrected chi connectivity index (χ2v) is 5.44. The van der Waals surface area contributed by atoms with Crippen molar-refractivity contribution in [3.05, 3.63) is 11.9 Å². The number of anilines is 2. The molecule has 1 atom stereocenters. The number of aryl methyl sites for hydroxylation is 1. The Bertz CT molecular complexity index is 407. The molecular weight excluding hydrogens is 252 g/mol. The van der Waals surface area contributed by atoms with Gasteiger partial charge >= 0.3 is 0 Å². The number of aliphatic hydroxyl groups is 1. The first-order valence-corrected chi connectivity index (χ1v) is 7.58. The number of nitrogens with zero attached hydrogens (tertiary/aromatic N) is 2. The van der Waals surface area contributed by atoms with Gasteiger partial charge in [-0.3, -0.25) is 0 Å². The van der Waals surface area contributed by atoms with E-state index >= 15 is 0 Å². The van der Waals surface area contributed by atoms with Gasteiger partial charge in [0.1, 0.15) is 17.5 Å². The summed E-state index contributed by atoms with van der Waals surface area (Å²) in [5, 5.41) is 16.5. The van der Waals surface area contributed by atoms with Crippen molar-refractivity contribution in [3.8, 4) is 0 Å². The summed E-state index contributed by atoms with van der Waals surface area (Å²) in [5.41, 5.74) is -0.715. The number of rotatable bonds is 9. The first-order chi connectivity index (χ1) is 9.50. The fourth-order valence-corrected chi connectivity index (χ4v) is 1.67. The van der Waals surface area contributed by atoms with Crippen molar-refractivity contribution in [1.29, 1.82) is 0 Å². The van der Waals surface area contributed by atoms with Crippen LogP contribution in [0.1, 0.15) is 52.8 Å². The molecule has 0 spiro atoms. The molecule has 1 rings (SSSR count). The average molecular weight is 280 g/mol. The van der Waals surface area contributed by atoms with Crippen molar-refractivity contribution in [2.24, 2.45) is 0 Å². The van der Waals surface area contributed by atoms with E-state index in [0.29, 0.717) is 13.0 Å². The first-order valence-electron chi connectivity index (χ1n) is 7.58. The van der Waals surface area contributed by atoms with Crippen molar-refractivity contribution in [1.82, 2.24) is 9.97 Å². The van der Waals surface area contributed by atoms with Crippen LogP contribution in [0, 0.1) is 0 Å². The molecule has 1 heterocycles. The van der Waals surface area contributed by atoms with Crippen LogP contribution in [0.15, 0.2) is 6.07 Å². The van der Waals surface area contributed by atoms with E-state index in [9.17, 15) is 5.11 Å². The minimum Gasteiger partial charge on any atom is -0.388 e. The maximum Gasteiger partial charge on any atom is 0.133 e. The van der Waals surface area contributed by atoms with E-state index in [1.54, 1.807) is 0 Å². The summed E-state index contributed by atoms with van der Waals surface area (Å²) in [7, 11) is 0. The van der Waals surface area contributed by atoms with Crippen molar-refractivity contribution < 1.29 is 5.11 Å². The fraction of sp³-hybridized carbons (Fsp3) is 0.733. The van der Waals surface area contributed by atoms with Crippen molar-refractivity contribution in [3.63, 3.8) is 0 Å². The van der Waals surface area contributed by atoms with Crippen molar-refractivity contribution in [2.75, 3.05) is 23.7 Å². The molecule has 1 unspecified atom stereocenters. The van der Waals surface area contributed by atoms with Gasteiger partial charge in [0, 0.05) is 25.6 Å². The SMILES string of the molecule is CCCNc1cc(NCC(C)(O)CC)nc(CCC)n1. The number of hydrogen-bond acceptors (Lipinski definition) is 5. The van der Waals surface area contributed by atoms with Gasteiger partial charge < -0.3 is 15.7 Å². The maximum atomic E-state index is 10.0. The quantitative estimate of drug-likeness (QED) is 0.649. The molecule has 3 N–H and O–H groups in total. The van der Waals surface area contributed by atoms with Crippen LogP contribution in [0.2, 0.25) is 0 Å². The van der Waals surface area contributed by atoms with E-state index in [1.165, 1.54) is 0 Å². The molecule has 114 valence electrons. The van der Waals surface area contributed by atoms with Crippen LogP contribution in [0.4, 0.5) is 11.6 Å². The highest BCUT2D eigenvalue weighted by molar-refractivity contribution is 5.47. The molecule has 0 aromatic carbocycles. The zero-order valence-corrected chi connectivity index (χ0v) is 13.2. The molecule has 0 aliphatic carbocycles. The lowest BCUT2D eigenvalue weighted by atomic mass is 10.0. The fourth-order valence-electron chi connectivity index (χ4n) is 1.67. The Kier molecular flexibility index (Phi) is 6.71. The normalized spacial score (nSPS) is 13.8. The average Bonchev–Trinajstić information content (AvgIpc) is 2.43. The number of aromatic nitrogens is 2. The Labute approximate surface area is 122 Å². The third-order valence-electron chi connectivity index (χ3n) is 3.21.